The van der Waals surface area contributed by atoms with Gasteiger partial charge in [0.15, 0.2) is 0 Å². The van der Waals surface area contributed by atoms with E-state index >= 15 is 0 Å². The zero-order valence-corrected chi connectivity index (χ0v) is 8.02. The summed E-state index contributed by atoms with van der Waals surface area (Å²) in [6.45, 7) is 1.90. The van der Waals surface area contributed by atoms with Gasteiger partial charge in [0.1, 0.15) is 5.69 Å². The molecule has 0 atom stereocenters. The predicted octanol–water partition coefficient (Wildman–Crippen LogP) is 1.65. The highest BCUT2D eigenvalue weighted by atomic mass is 16.8. The van der Waals surface area contributed by atoms with Crippen molar-refractivity contribution in [3.63, 3.8) is 0 Å². The monoisotopic (exact) mass is 182 g/mol. The van der Waals surface area contributed by atoms with Gasteiger partial charge in [-0.05, 0) is 24.6 Å². The Morgan fingerprint density at radius 1 is 1.08 bits per heavy atom. The van der Waals surface area contributed by atoms with Gasteiger partial charge in [0, 0.05) is 14.1 Å². The van der Waals surface area contributed by atoms with Crippen molar-refractivity contribution in [2.75, 3.05) is 24.2 Å². The van der Waals surface area contributed by atoms with Crippen molar-refractivity contribution in [3.8, 4) is 0 Å². The summed E-state index contributed by atoms with van der Waals surface area (Å²) in [5, 5.41) is 18.0. The molecule has 0 fully saturated rings. The summed E-state index contributed by atoms with van der Waals surface area (Å²) >= 11 is 0. The Balaban J connectivity index is 3.19. The second-order valence-electron chi connectivity index (χ2n) is 3.18. The molecule has 0 aliphatic heterocycles. The Labute approximate surface area is 77.5 Å². The number of rotatable bonds is 2. The minimum Gasteiger partial charge on any atom is -0.376 e. The van der Waals surface area contributed by atoms with E-state index in [2.05, 4.69) is 0 Å². The number of hydrogen-bond donors (Lipinski definition) is 2. The molecule has 1 rings (SSSR count). The van der Waals surface area contributed by atoms with Crippen LogP contribution >= 0.6 is 0 Å². The summed E-state index contributed by atoms with van der Waals surface area (Å²) in [6.07, 6.45) is 0. The van der Waals surface area contributed by atoms with Crippen LogP contribution in [0.3, 0.4) is 0 Å². The Kier molecular flexibility index (Phi) is 2.75. The maximum absolute atomic E-state index is 8.94. The van der Waals surface area contributed by atoms with E-state index in [-0.39, 0.29) is 5.23 Å². The summed E-state index contributed by atoms with van der Waals surface area (Å²) in [5.74, 6) is 0. The molecule has 0 amide bonds. The molecule has 0 saturated heterocycles. The third-order valence-corrected chi connectivity index (χ3v) is 1.83. The topological polar surface area (TPSA) is 46.9 Å². The lowest BCUT2D eigenvalue weighted by atomic mass is 10.2. The van der Waals surface area contributed by atoms with Gasteiger partial charge in [-0.1, -0.05) is 6.07 Å². The minimum absolute atomic E-state index is 0.141. The van der Waals surface area contributed by atoms with Crippen LogP contribution in [0.1, 0.15) is 5.56 Å². The molecule has 4 nitrogen and oxygen atoms in total. The van der Waals surface area contributed by atoms with Crippen LogP contribution in [0.5, 0.6) is 0 Å². The van der Waals surface area contributed by atoms with E-state index in [9.17, 15) is 0 Å². The van der Waals surface area contributed by atoms with Crippen molar-refractivity contribution in [2.45, 2.75) is 6.92 Å². The molecule has 0 unspecified atom stereocenters. The highest BCUT2D eigenvalue weighted by Crippen LogP contribution is 2.27. The first-order chi connectivity index (χ1) is 6.02. The minimum atomic E-state index is 0.141. The van der Waals surface area contributed by atoms with Crippen LogP contribution in [0.25, 0.3) is 0 Å². The Morgan fingerprint density at radius 2 is 1.69 bits per heavy atom. The number of anilines is 2. The molecule has 0 radical (unpaired) electrons. The second-order valence-corrected chi connectivity index (χ2v) is 3.18. The molecule has 1 aromatic carbocycles. The fourth-order valence-corrected chi connectivity index (χ4v) is 1.17. The van der Waals surface area contributed by atoms with Crippen LogP contribution in [0.4, 0.5) is 11.4 Å². The van der Waals surface area contributed by atoms with Crippen LogP contribution in [0, 0.1) is 6.92 Å². The normalized spacial score (nSPS) is 9.92. The zero-order chi connectivity index (χ0) is 10.0. The summed E-state index contributed by atoms with van der Waals surface area (Å²) in [6, 6.07) is 5.46. The Morgan fingerprint density at radius 3 is 2.15 bits per heavy atom. The van der Waals surface area contributed by atoms with Crippen LogP contribution in [0.2, 0.25) is 0 Å². The van der Waals surface area contributed by atoms with E-state index in [1.807, 2.05) is 38.1 Å². The van der Waals surface area contributed by atoms with Crippen LogP contribution < -0.4 is 10.1 Å². The molecule has 0 aromatic heterocycles. The maximum atomic E-state index is 8.94. The first-order valence-electron chi connectivity index (χ1n) is 3.98. The Hall–Kier alpha value is -1.26. The first kappa shape index (κ1) is 9.83. The van der Waals surface area contributed by atoms with Crippen molar-refractivity contribution in [3.05, 3.63) is 23.8 Å². The van der Waals surface area contributed by atoms with E-state index in [0.29, 0.717) is 5.69 Å². The number of benzene rings is 1. The molecule has 0 spiro atoms. The number of aryl methyl sites for hydroxylation is 1. The van der Waals surface area contributed by atoms with Gasteiger partial charge in [-0.15, -0.1) is 5.23 Å². The van der Waals surface area contributed by atoms with Crippen molar-refractivity contribution in [1.82, 2.24) is 0 Å². The van der Waals surface area contributed by atoms with Gasteiger partial charge in [0.25, 0.3) is 0 Å². The van der Waals surface area contributed by atoms with E-state index in [1.54, 1.807) is 6.07 Å². The molecule has 13 heavy (non-hydrogen) atoms. The van der Waals surface area contributed by atoms with Gasteiger partial charge < -0.3 is 4.90 Å². The lowest BCUT2D eigenvalue weighted by molar-refractivity contribution is 0.0294. The molecular formula is C9H14N2O2. The molecule has 0 aliphatic carbocycles. The van der Waals surface area contributed by atoms with Gasteiger partial charge in [0.05, 0.1) is 5.69 Å². The molecule has 0 saturated carbocycles. The summed E-state index contributed by atoms with van der Waals surface area (Å²) in [4.78, 5) is 1.81. The molecule has 72 valence electrons. The second kappa shape index (κ2) is 3.64. The highest BCUT2D eigenvalue weighted by molar-refractivity contribution is 5.69. The van der Waals surface area contributed by atoms with E-state index < -0.39 is 0 Å². The molecular weight excluding hydrogens is 168 g/mol. The maximum Gasteiger partial charge on any atom is 0.118 e. The SMILES string of the molecule is Cc1ccc(N(C)C)c(N(O)O)c1. The largest absolute Gasteiger partial charge is 0.376 e. The molecule has 0 heterocycles. The third-order valence-electron chi connectivity index (χ3n) is 1.83. The first-order valence-corrected chi connectivity index (χ1v) is 3.98. The molecule has 0 bridgehead atoms. The van der Waals surface area contributed by atoms with Crippen LogP contribution in [-0.4, -0.2) is 24.5 Å². The van der Waals surface area contributed by atoms with Crippen molar-refractivity contribution in [2.24, 2.45) is 0 Å². The smallest absolute Gasteiger partial charge is 0.118 e. The number of nitrogens with zero attached hydrogens (tertiary/aromatic N) is 2. The lowest BCUT2D eigenvalue weighted by Gasteiger charge is -2.19. The van der Waals surface area contributed by atoms with E-state index in [0.717, 1.165) is 11.3 Å². The molecule has 0 aliphatic rings. The average Bonchev–Trinajstić information content (AvgIpc) is 2.03. The fourth-order valence-electron chi connectivity index (χ4n) is 1.17. The number of hydrogen-bond acceptors (Lipinski definition) is 4. The van der Waals surface area contributed by atoms with E-state index in [4.69, 9.17) is 10.4 Å². The third kappa shape index (κ3) is 2.11. The van der Waals surface area contributed by atoms with Crippen molar-refractivity contribution < 1.29 is 10.4 Å². The van der Waals surface area contributed by atoms with E-state index in [1.165, 1.54) is 0 Å². The van der Waals surface area contributed by atoms with Gasteiger partial charge in [-0.25, -0.2) is 0 Å². The van der Waals surface area contributed by atoms with Gasteiger partial charge in [-0.2, -0.15) is 0 Å². The zero-order valence-electron chi connectivity index (χ0n) is 8.02. The van der Waals surface area contributed by atoms with Crippen molar-refractivity contribution >= 4 is 11.4 Å². The highest BCUT2D eigenvalue weighted by Gasteiger charge is 2.08. The van der Waals surface area contributed by atoms with Gasteiger partial charge in [-0.3, -0.25) is 10.4 Å². The molecule has 2 N–H and O–H groups in total. The van der Waals surface area contributed by atoms with Gasteiger partial charge in [0.2, 0.25) is 0 Å². The molecule has 1 aromatic rings. The Bertz CT molecular complexity index is 298. The summed E-state index contributed by atoms with van der Waals surface area (Å²) < 4.78 is 0. The summed E-state index contributed by atoms with van der Waals surface area (Å²) in [7, 11) is 3.69. The quantitative estimate of drug-likeness (QED) is 0.683. The fraction of sp³-hybridized carbons (Fsp3) is 0.333. The van der Waals surface area contributed by atoms with Gasteiger partial charge >= 0.3 is 0 Å². The predicted molar refractivity (Wildman–Crippen MR) is 51.6 cm³/mol. The average molecular weight is 182 g/mol. The van der Waals surface area contributed by atoms with Crippen LogP contribution in [0.15, 0.2) is 18.2 Å². The van der Waals surface area contributed by atoms with Crippen LogP contribution in [-0.2, 0) is 0 Å². The lowest BCUT2D eigenvalue weighted by Crippen LogP contribution is -2.17. The molecule has 4 heteroatoms. The standard InChI is InChI=1S/C9H14N2O2/c1-7-4-5-8(10(2)3)9(6-7)11(12)13/h4-6,12-13H,1-3H3. The van der Waals surface area contributed by atoms with Crippen molar-refractivity contribution in [1.29, 1.82) is 0 Å². The summed E-state index contributed by atoms with van der Waals surface area (Å²) in [5.41, 5.74) is 2.12.